The number of carbonyl (C=O) groups is 2. The molecule has 33 heavy (non-hydrogen) atoms. The smallest absolute Gasteiger partial charge is 0.338 e. The summed E-state index contributed by atoms with van der Waals surface area (Å²) < 4.78 is 51.2. The number of nitrogens with one attached hydrogen (secondary N) is 1. The Hall–Kier alpha value is -2.82. The zero-order valence-electron chi connectivity index (χ0n) is 18.3. The summed E-state index contributed by atoms with van der Waals surface area (Å²) >= 11 is 0. The Morgan fingerprint density at radius 1 is 1.21 bits per heavy atom. The van der Waals surface area contributed by atoms with E-state index in [4.69, 9.17) is 9.47 Å². The van der Waals surface area contributed by atoms with Gasteiger partial charge in [0.1, 0.15) is 5.82 Å². The first-order chi connectivity index (χ1) is 15.8. The molecular formula is C23H27FN2O6S. The maximum atomic E-state index is 13.4. The molecule has 0 aliphatic carbocycles. The van der Waals surface area contributed by atoms with Gasteiger partial charge in [-0.3, -0.25) is 4.79 Å². The zero-order valence-corrected chi connectivity index (χ0v) is 19.1. The molecule has 0 bridgehead atoms. The maximum Gasteiger partial charge on any atom is 0.338 e. The molecule has 2 aromatic carbocycles. The minimum Gasteiger partial charge on any atom is -0.452 e. The molecule has 10 heteroatoms. The van der Waals surface area contributed by atoms with Crippen molar-refractivity contribution in [3.8, 4) is 0 Å². The lowest BCUT2D eigenvalue weighted by molar-refractivity contribution is -0.134. The van der Waals surface area contributed by atoms with E-state index in [1.807, 2.05) is 0 Å². The van der Waals surface area contributed by atoms with E-state index in [1.54, 1.807) is 19.1 Å². The first kappa shape index (κ1) is 24.8. The largest absolute Gasteiger partial charge is 0.452 e. The van der Waals surface area contributed by atoms with Crippen molar-refractivity contribution in [1.82, 2.24) is 9.62 Å². The van der Waals surface area contributed by atoms with Gasteiger partial charge in [-0.25, -0.2) is 22.3 Å². The van der Waals surface area contributed by atoms with Crippen LogP contribution in [0.4, 0.5) is 4.39 Å². The third kappa shape index (κ3) is 7.08. The minimum absolute atomic E-state index is 0.0142. The number of esters is 1. The van der Waals surface area contributed by atoms with Gasteiger partial charge in [-0.2, -0.15) is 0 Å². The molecule has 1 heterocycles. The van der Waals surface area contributed by atoms with Gasteiger partial charge in [-0.1, -0.05) is 12.1 Å². The Bertz CT molecular complexity index is 1070. The lowest BCUT2D eigenvalue weighted by Crippen LogP contribution is -2.34. The van der Waals surface area contributed by atoms with Crippen molar-refractivity contribution >= 4 is 21.9 Å². The number of hydrogen-bond acceptors (Lipinski definition) is 6. The van der Waals surface area contributed by atoms with Gasteiger partial charge in [0.2, 0.25) is 10.0 Å². The number of likely N-dealkylation sites (N-methyl/N-ethyl adjacent to an activating group) is 1. The van der Waals surface area contributed by atoms with Gasteiger partial charge in [0.15, 0.2) is 6.61 Å². The van der Waals surface area contributed by atoms with Crippen LogP contribution in [0.15, 0.2) is 53.4 Å². The van der Waals surface area contributed by atoms with Crippen molar-refractivity contribution in [1.29, 1.82) is 0 Å². The molecule has 8 nitrogen and oxygen atoms in total. The van der Waals surface area contributed by atoms with Crippen LogP contribution < -0.4 is 4.72 Å². The van der Waals surface area contributed by atoms with Crippen LogP contribution in [0.3, 0.4) is 0 Å². The number of hydrogen-bond donors (Lipinski definition) is 1. The number of ether oxygens (including phenoxy) is 2. The van der Waals surface area contributed by atoms with E-state index in [1.165, 1.54) is 41.3 Å². The lowest BCUT2D eigenvalue weighted by atomic mass is 10.2. The van der Waals surface area contributed by atoms with E-state index in [2.05, 4.69) is 4.72 Å². The fourth-order valence-corrected chi connectivity index (χ4v) is 4.46. The van der Waals surface area contributed by atoms with Crippen LogP contribution in [0.5, 0.6) is 0 Å². The summed E-state index contributed by atoms with van der Waals surface area (Å²) in [4.78, 5) is 26.2. The standard InChI is InChI=1S/C23H27FN2O6S/c1-2-26(15-17-5-3-6-19(24)13-17)22(27)16-32-23(28)18-8-10-21(11-9-18)33(29,30)25-14-20-7-4-12-31-20/h3,5-6,8-11,13,20,25H,2,4,7,12,14-16H2,1H3. The molecule has 0 aromatic heterocycles. The highest BCUT2D eigenvalue weighted by molar-refractivity contribution is 7.89. The summed E-state index contributed by atoms with van der Waals surface area (Å²) in [5, 5.41) is 0. The van der Waals surface area contributed by atoms with Gasteiger partial charge in [-0.05, 0) is 61.7 Å². The number of amides is 1. The molecule has 1 aliphatic rings. The first-order valence-corrected chi connectivity index (χ1v) is 12.2. The van der Waals surface area contributed by atoms with Gasteiger partial charge in [-0.15, -0.1) is 0 Å². The van der Waals surface area contributed by atoms with Crippen LogP contribution >= 0.6 is 0 Å². The fourth-order valence-electron chi connectivity index (χ4n) is 3.40. The summed E-state index contributed by atoms with van der Waals surface area (Å²) in [6.45, 7) is 2.66. The van der Waals surface area contributed by atoms with E-state index in [9.17, 15) is 22.4 Å². The van der Waals surface area contributed by atoms with Crippen molar-refractivity contribution in [2.75, 3.05) is 26.3 Å². The maximum absolute atomic E-state index is 13.4. The molecule has 0 radical (unpaired) electrons. The fraction of sp³-hybridized carbons (Fsp3) is 0.391. The van der Waals surface area contributed by atoms with Crippen LogP contribution in [0, 0.1) is 5.82 Å². The molecule has 0 saturated carbocycles. The van der Waals surface area contributed by atoms with E-state index in [0.717, 1.165) is 12.8 Å². The second kappa shape index (κ2) is 11.4. The zero-order chi connectivity index (χ0) is 23.8. The van der Waals surface area contributed by atoms with Crippen LogP contribution in [0.2, 0.25) is 0 Å². The normalized spacial score (nSPS) is 15.9. The summed E-state index contributed by atoms with van der Waals surface area (Å²) in [7, 11) is -3.73. The average Bonchev–Trinajstić information content (AvgIpc) is 3.33. The van der Waals surface area contributed by atoms with Crippen molar-refractivity contribution in [3.63, 3.8) is 0 Å². The van der Waals surface area contributed by atoms with Gasteiger partial charge in [0, 0.05) is 26.2 Å². The number of sulfonamides is 1. The summed E-state index contributed by atoms with van der Waals surface area (Å²) in [6.07, 6.45) is 1.59. The van der Waals surface area contributed by atoms with E-state index in [-0.39, 0.29) is 29.7 Å². The van der Waals surface area contributed by atoms with Crippen molar-refractivity contribution in [2.24, 2.45) is 0 Å². The second-order valence-corrected chi connectivity index (χ2v) is 9.39. The van der Waals surface area contributed by atoms with Crippen LogP contribution in [-0.2, 0) is 30.8 Å². The van der Waals surface area contributed by atoms with E-state index >= 15 is 0 Å². The molecule has 1 N–H and O–H groups in total. The summed E-state index contributed by atoms with van der Waals surface area (Å²) in [6, 6.07) is 11.2. The first-order valence-electron chi connectivity index (χ1n) is 10.7. The average molecular weight is 479 g/mol. The van der Waals surface area contributed by atoms with Crippen molar-refractivity contribution in [2.45, 2.75) is 37.3 Å². The molecule has 1 amide bonds. The van der Waals surface area contributed by atoms with Gasteiger partial charge in [0.05, 0.1) is 16.6 Å². The van der Waals surface area contributed by atoms with E-state index in [0.29, 0.717) is 18.7 Å². The quantitative estimate of drug-likeness (QED) is 0.527. The highest BCUT2D eigenvalue weighted by Gasteiger charge is 2.21. The Balaban J connectivity index is 1.52. The molecule has 1 aliphatic heterocycles. The molecular weight excluding hydrogens is 451 g/mol. The molecule has 1 saturated heterocycles. The monoisotopic (exact) mass is 478 g/mol. The Morgan fingerprint density at radius 3 is 2.61 bits per heavy atom. The van der Waals surface area contributed by atoms with Gasteiger partial charge < -0.3 is 14.4 Å². The highest BCUT2D eigenvalue weighted by atomic mass is 32.2. The van der Waals surface area contributed by atoms with Crippen molar-refractivity contribution in [3.05, 3.63) is 65.5 Å². The van der Waals surface area contributed by atoms with Crippen LogP contribution in [-0.4, -0.2) is 57.6 Å². The summed E-state index contributed by atoms with van der Waals surface area (Å²) in [5.74, 6) is -1.57. The number of nitrogens with zero attached hydrogens (tertiary/aromatic N) is 1. The third-order valence-corrected chi connectivity index (χ3v) is 6.69. The third-order valence-electron chi connectivity index (χ3n) is 5.25. The minimum atomic E-state index is -3.73. The molecule has 0 spiro atoms. The Kier molecular flexibility index (Phi) is 8.54. The van der Waals surface area contributed by atoms with Gasteiger partial charge >= 0.3 is 5.97 Å². The Labute approximate surface area is 192 Å². The lowest BCUT2D eigenvalue weighted by Gasteiger charge is -2.21. The van der Waals surface area contributed by atoms with Gasteiger partial charge in [0.25, 0.3) is 5.91 Å². The molecule has 3 rings (SSSR count). The number of benzene rings is 2. The van der Waals surface area contributed by atoms with E-state index < -0.39 is 34.3 Å². The molecule has 1 unspecified atom stereocenters. The number of halogens is 1. The highest BCUT2D eigenvalue weighted by Crippen LogP contribution is 2.15. The van der Waals surface area contributed by atoms with Crippen molar-refractivity contribution < 1.29 is 31.9 Å². The number of carbonyl (C=O) groups excluding carboxylic acids is 2. The molecule has 1 fully saturated rings. The molecule has 178 valence electrons. The molecule has 2 aromatic rings. The van der Waals surface area contributed by atoms with Crippen LogP contribution in [0.1, 0.15) is 35.7 Å². The topological polar surface area (TPSA) is 102 Å². The number of rotatable bonds is 10. The summed E-state index contributed by atoms with van der Waals surface area (Å²) in [5.41, 5.74) is 0.746. The van der Waals surface area contributed by atoms with Crippen LogP contribution in [0.25, 0.3) is 0 Å². The second-order valence-electron chi connectivity index (χ2n) is 7.63. The predicted molar refractivity (Wildman–Crippen MR) is 118 cm³/mol. The molecule has 1 atom stereocenters. The SMILES string of the molecule is CCN(Cc1cccc(F)c1)C(=O)COC(=O)c1ccc(S(=O)(=O)NCC2CCCO2)cc1. The predicted octanol–water partition coefficient (Wildman–Crippen LogP) is 2.49. The Morgan fingerprint density at radius 2 is 1.97 bits per heavy atom.